The molecule has 3 nitrogen and oxygen atoms in total. The Morgan fingerprint density at radius 3 is 1.02 bits per heavy atom. The topological polar surface area (TPSA) is 11.4 Å². The van der Waals surface area contributed by atoms with Gasteiger partial charge in [0.15, 0.2) is 0 Å². The smallest absolute Gasteiger partial charge is 0.249 e. The monoisotopic (exact) mass is 1570 g/mol. The van der Waals surface area contributed by atoms with Crippen LogP contribution >= 0.6 is 23.5 Å². The summed E-state index contributed by atoms with van der Waals surface area (Å²) in [6.07, 6.45) is 0. The highest BCUT2D eigenvalue weighted by Crippen LogP contribution is 2.55. The highest BCUT2D eigenvalue weighted by Gasteiger charge is 2.48. The summed E-state index contributed by atoms with van der Waals surface area (Å²) in [6.45, 7) is -0.454. The Morgan fingerprint density at radius 1 is 0.182 bits per heavy atom. The van der Waals surface area contributed by atoms with Crippen LogP contribution in [0.15, 0.2) is 462 Å². The highest BCUT2D eigenvalue weighted by atomic mass is 32.2. The van der Waals surface area contributed by atoms with Gasteiger partial charge in [0.2, 0.25) is 13.4 Å². The molecule has 0 fully saturated rings. The van der Waals surface area contributed by atoms with E-state index in [4.69, 9.17) is 0 Å². The van der Waals surface area contributed by atoms with Crippen LogP contribution in [0.2, 0.25) is 0 Å². The van der Waals surface area contributed by atoms with Gasteiger partial charge in [0.05, 0.1) is 16.7 Å². The molecule has 0 unspecified atom stereocenters. The summed E-state index contributed by atoms with van der Waals surface area (Å²) in [6, 6.07) is 167. The molecule has 24 rings (SSSR count). The first-order valence-corrected chi connectivity index (χ1v) is 43.4. The third kappa shape index (κ3) is 12.0. The van der Waals surface area contributed by atoms with Crippen molar-refractivity contribution >= 4 is 126 Å². The van der Waals surface area contributed by atoms with Crippen LogP contribution in [0, 0.1) is 0 Å². The first-order valence-electron chi connectivity index (χ1n) is 41.7. The molecular formula is C114H73B2N3S2. The minimum Gasteiger partial charge on any atom is -0.311 e. The summed E-state index contributed by atoms with van der Waals surface area (Å²) in [4.78, 5) is 10.4. The summed E-state index contributed by atoms with van der Waals surface area (Å²) in [7, 11) is 0. The van der Waals surface area contributed by atoms with Crippen LogP contribution in [-0.2, 0) is 0 Å². The number of aromatic nitrogens is 1. The molecule has 4 aliphatic heterocycles. The van der Waals surface area contributed by atoms with Gasteiger partial charge in [-0.1, -0.05) is 374 Å². The Balaban J connectivity index is 0.843. The van der Waals surface area contributed by atoms with Gasteiger partial charge in [0.1, 0.15) is 0 Å². The summed E-state index contributed by atoms with van der Waals surface area (Å²) >= 11 is 3.85. The van der Waals surface area contributed by atoms with E-state index in [2.05, 4.69) is 457 Å². The van der Waals surface area contributed by atoms with Crippen LogP contribution < -0.4 is 42.6 Å². The lowest BCUT2D eigenvalue weighted by atomic mass is 9.31. The number of para-hydroxylation sites is 2. The lowest BCUT2D eigenvalue weighted by molar-refractivity contribution is 1.16. The van der Waals surface area contributed by atoms with Crippen molar-refractivity contribution in [3.63, 3.8) is 0 Å². The predicted octanol–water partition coefficient (Wildman–Crippen LogP) is 27.0. The van der Waals surface area contributed by atoms with E-state index < -0.39 is 0 Å². The van der Waals surface area contributed by atoms with Crippen molar-refractivity contribution in [3.8, 4) is 117 Å². The fraction of sp³-hybridized carbons (Fsp3) is 0. The standard InChI is InChI=1S/C114H73B2N3S2/c1-9-31-74(32-10-1)79-53-56-90(57-54-79)117-104-73-105-101(72-100(104)116-99-60-58-91(118-102-51-29-27-49-94(102)95-50-28-30-52-103(95)118)71-109(99)121-110-69-88(66-106(117)112(110)116)86-62-84(76-35-13-3-14-36-76)61-85(63-86)77-37-15-4-16-38-77)115-98-59-55-83(75-33-11-2-12-34-75)68-108(98)120-111-70-89(93-48-26-25-47-92(93)80-41-19-6-20-42-80)67-107(113(111)115)119(105)114-96(81-43-21-7-22-44-81)64-87(78-39-17-5-18-40-78)65-97(114)82-45-23-8-24-46-82/h1-73H. The van der Waals surface area contributed by atoms with E-state index in [0.717, 1.165) is 107 Å². The molecule has 0 atom stereocenters. The summed E-state index contributed by atoms with van der Waals surface area (Å²) in [5.74, 6) is 0. The first kappa shape index (κ1) is 70.6. The largest absolute Gasteiger partial charge is 0.311 e. The zero-order chi connectivity index (χ0) is 79.6. The first-order chi connectivity index (χ1) is 60.0. The maximum absolute atomic E-state index is 2.75. The molecule has 0 saturated heterocycles. The molecule has 0 radical (unpaired) electrons. The van der Waals surface area contributed by atoms with Crippen molar-refractivity contribution < 1.29 is 0 Å². The molecule has 1 aromatic heterocycles. The normalized spacial score (nSPS) is 12.7. The molecule has 0 spiro atoms. The number of nitrogens with zero attached hydrogens (tertiary/aromatic N) is 3. The molecule has 121 heavy (non-hydrogen) atoms. The van der Waals surface area contributed by atoms with Crippen molar-refractivity contribution in [2.45, 2.75) is 19.6 Å². The Kier molecular flexibility index (Phi) is 17.0. The van der Waals surface area contributed by atoms with E-state index in [0.29, 0.717) is 0 Å². The molecule has 20 aromatic rings. The number of anilines is 6. The third-order valence-electron chi connectivity index (χ3n) is 25.2. The van der Waals surface area contributed by atoms with Crippen LogP contribution in [0.3, 0.4) is 0 Å². The number of rotatable bonds is 13. The molecule has 7 heteroatoms. The zero-order valence-electron chi connectivity index (χ0n) is 66.0. The maximum atomic E-state index is 2.75. The molecule has 0 bridgehead atoms. The molecule has 0 aliphatic carbocycles. The number of hydrogen-bond donors (Lipinski definition) is 0. The molecule has 562 valence electrons. The van der Waals surface area contributed by atoms with Gasteiger partial charge in [0.25, 0.3) is 0 Å². The van der Waals surface area contributed by atoms with Gasteiger partial charge in [-0.2, -0.15) is 0 Å². The van der Waals surface area contributed by atoms with E-state index in [-0.39, 0.29) is 13.4 Å². The predicted molar refractivity (Wildman–Crippen MR) is 515 cm³/mol. The fourth-order valence-electron chi connectivity index (χ4n) is 19.7. The van der Waals surface area contributed by atoms with Gasteiger partial charge < -0.3 is 14.4 Å². The van der Waals surface area contributed by atoms with E-state index in [1.807, 2.05) is 23.5 Å². The second kappa shape index (κ2) is 29.2. The average molecular weight is 1570 g/mol. The molecule has 0 saturated carbocycles. The van der Waals surface area contributed by atoms with Crippen molar-refractivity contribution in [1.82, 2.24) is 4.57 Å². The Bertz CT molecular complexity index is 7320. The van der Waals surface area contributed by atoms with E-state index in [9.17, 15) is 0 Å². The van der Waals surface area contributed by atoms with Gasteiger partial charge in [-0.3, -0.25) is 0 Å². The third-order valence-corrected chi connectivity index (χ3v) is 27.5. The molecule has 19 aromatic carbocycles. The van der Waals surface area contributed by atoms with E-state index in [1.54, 1.807) is 0 Å². The number of fused-ring (bicyclic) bond motifs is 11. The van der Waals surface area contributed by atoms with Crippen molar-refractivity contribution in [3.05, 3.63) is 443 Å². The lowest BCUT2D eigenvalue weighted by Gasteiger charge is -2.45. The van der Waals surface area contributed by atoms with Crippen LogP contribution in [0.25, 0.3) is 139 Å². The lowest BCUT2D eigenvalue weighted by Crippen LogP contribution is -2.64. The quantitative estimate of drug-likeness (QED) is 0.107. The SMILES string of the molecule is c1ccc(-c2ccc(N3c4cc5c(cc4B4c6ccc(-n7c8ccccc8c8ccccc87)cc6Sc6cc(-c7cc(-c8ccccc8)cc(-c8ccccc8)c7)cc3c64)B3c4ccc(-c6ccccc6)cc4Sc4cc(-c6ccccc6-c6ccccc6)cc(c43)N5c3c(-c4ccccc4)cc(-c4ccccc4)cc3-c3ccccc3)cc2)cc1. The van der Waals surface area contributed by atoms with Gasteiger partial charge in [-0.25, -0.2) is 0 Å². The van der Waals surface area contributed by atoms with Crippen molar-refractivity contribution in [1.29, 1.82) is 0 Å². The van der Waals surface area contributed by atoms with E-state index >= 15 is 0 Å². The molecular weight excluding hydrogens is 1500 g/mol. The average Bonchev–Trinajstić information content (AvgIpc) is 1.48. The summed E-state index contributed by atoms with van der Waals surface area (Å²) in [5.41, 5.74) is 41.0. The number of hydrogen-bond acceptors (Lipinski definition) is 4. The minimum atomic E-state index is -0.229. The second-order valence-corrected chi connectivity index (χ2v) is 34.3. The van der Waals surface area contributed by atoms with Crippen LogP contribution in [0.5, 0.6) is 0 Å². The highest BCUT2D eigenvalue weighted by molar-refractivity contribution is 8.00. The summed E-state index contributed by atoms with van der Waals surface area (Å²) < 4.78 is 2.49. The molecule has 0 N–H and O–H groups in total. The zero-order valence-corrected chi connectivity index (χ0v) is 67.6. The van der Waals surface area contributed by atoms with Crippen LogP contribution in [-0.4, -0.2) is 18.0 Å². The van der Waals surface area contributed by atoms with Crippen molar-refractivity contribution in [2.75, 3.05) is 9.80 Å². The van der Waals surface area contributed by atoms with Crippen molar-refractivity contribution in [2.24, 2.45) is 0 Å². The number of benzene rings is 19. The Hall–Kier alpha value is -14.6. The molecule has 0 amide bonds. The Morgan fingerprint density at radius 2 is 0.512 bits per heavy atom. The van der Waals surface area contributed by atoms with E-state index in [1.165, 1.54) is 119 Å². The molecule has 5 heterocycles. The van der Waals surface area contributed by atoms with Gasteiger partial charge in [-0.05, 0) is 225 Å². The Labute approximate surface area is 714 Å². The second-order valence-electron chi connectivity index (χ2n) is 32.1. The minimum absolute atomic E-state index is 0.224. The van der Waals surface area contributed by atoms with Gasteiger partial charge in [0, 0.05) is 75.6 Å². The van der Waals surface area contributed by atoms with Crippen LogP contribution in [0.4, 0.5) is 34.1 Å². The fourth-order valence-corrected chi connectivity index (χ4v) is 22.2. The summed E-state index contributed by atoms with van der Waals surface area (Å²) in [5, 5.41) is 2.48. The molecule has 4 aliphatic rings. The van der Waals surface area contributed by atoms with Gasteiger partial charge >= 0.3 is 0 Å². The van der Waals surface area contributed by atoms with Crippen LogP contribution in [0.1, 0.15) is 0 Å². The van der Waals surface area contributed by atoms with Gasteiger partial charge in [-0.15, -0.1) is 0 Å². The maximum Gasteiger partial charge on any atom is 0.249 e.